The molecule has 1 aliphatic heterocycles. The Morgan fingerprint density at radius 3 is 2.37 bits per heavy atom. The molecule has 0 aromatic heterocycles. The van der Waals surface area contributed by atoms with E-state index in [9.17, 15) is 10.2 Å². The number of aliphatic hydroxyl groups excluding tert-OH is 2. The number of hydrogen-bond acceptors (Lipinski definition) is 3. The summed E-state index contributed by atoms with van der Waals surface area (Å²) in [6, 6.07) is 0. The molecule has 3 nitrogen and oxygen atoms in total. The van der Waals surface area contributed by atoms with E-state index in [1.165, 1.54) is 12.8 Å². The summed E-state index contributed by atoms with van der Waals surface area (Å²) in [6.07, 6.45) is 4.01. The van der Waals surface area contributed by atoms with Crippen molar-refractivity contribution in [2.24, 2.45) is 22.7 Å². The Morgan fingerprint density at radius 1 is 1.00 bits per heavy atom. The van der Waals surface area contributed by atoms with Crippen LogP contribution in [0.2, 0.25) is 0 Å². The standard InChI is InChI=1S/C16H28O3/c1-14(2)7-5-8-15(3)10(14)6-9-16(4)12(15)11(17)13(18)19-16/h10-13,17-18H,5-9H2,1-4H3/t10-,11-,12+,13?,15-,16-/m0/s1. The second-order valence-corrected chi connectivity index (χ2v) is 8.23. The van der Waals surface area contributed by atoms with Gasteiger partial charge in [-0.2, -0.15) is 0 Å². The molecule has 2 N–H and O–H groups in total. The van der Waals surface area contributed by atoms with Gasteiger partial charge in [0.15, 0.2) is 6.29 Å². The first-order valence-electron chi connectivity index (χ1n) is 7.75. The smallest absolute Gasteiger partial charge is 0.181 e. The molecule has 3 fully saturated rings. The third-order valence-corrected chi connectivity index (χ3v) is 6.60. The third-order valence-electron chi connectivity index (χ3n) is 6.60. The Hall–Kier alpha value is -0.120. The molecule has 2 saturated carbocycles. The summed E-state index contributed by atoms with van der Waals surface area (Å²) >= 11 is 0. The predicted octanol–water partition coefficient (Wildman–Crippen LogP) is 2.70. The van der Waals surface area contributed by atoms with E-state index in [2.05, 4.69) is 27.7 Å². The number of hydrogen-bond donors (Lipinski definition) is 2. The maximum Gasteiger partial charge on any atom is 0.181 e. The minimum Gasteiger partial charge on any atom is -0.387 e. The fraction of sp³-hybridized carbons (Fsp3) is 1.00. The Balaban J connectivity index is 2.02. The predicted molar refractivity (Wildman–Crippen MR) is 73.5 cm³/mol. The lowest BCUT2D eigenvalue weighted by Crippen LogP contribution is -2.58. The molecule has 0 bridgehead atoms. The van der Waals surface area contributed by atoms with Crippen molar-refractivity contribution in [2.75, 3.05) is 0 Å². The Labute approximate surface area is 116 Å². The van der Waals surface area contributed by atoms with Crippen molar-refractivity contribution in [3.63, 3.8) is 0 Å². The van der Waals surface area contributed by atoms with E-state index >= 15 is 0 Å². The molecule has 0 aromatic carbocycles. The van der Waals surface area contributed by atoms with Crippen LogP contribution in [0.1, 0.15) is 59.8 Å². The van der Waals surface area contributed by atoms with Crippen LogP contribution >= 0.6 is 0 Å². The average Bonchev–Trinajstić information content (AvgIpc) is 2.49. The molecule has 110 valence electrons. The summed E-state index contributed by atoms with van der Waals surface area (Å²) in [5.74, 6) is 0.684. The lowest BCUT2D eigenvalue weighted by molar-refractivity contribution is -0.181. The summed E-state index contributed by atoms with van der Waals surface area (Å²) in [5, 5.41) is 20.4. The fourth-order valence-corrected chi connectivity index (χ4v) is 5.94. The summed E-state index contributed by atoms with van der Waals surface area (Å²) in [6.45, 7) is 9.15. The molecular formula is C16H28O3. The first-order valence-corrected chi connectivity index (χ1v) is 7.75. The molecule has 1 heterocycles. The van der Waals surface area contributed by atoms with Crippen LogP contribution in [0.5, 0.6) is 0 Å². The normalized spacial score (nSPS) is 56.5. The number of rotatable bonds is 0. The minimum atomic E-state index is -1.00. The Morgan fingerprint density at radius 2 is 1.68 bits per heavy atom. The van der Waals surface area contributed by atoms with E-state index in [1.807, 2.05) is 0 Å². The molecular weight excluding hydrogens is 240 g/mol. The largest absolute Gasteiger partial charge is 0.387 e. The fourth-order valence-electron chi connectivity index (χ4n) is 5.94. The van der Waals surface area contributed by atoms with Gasteiger partial charge >= 0.3 is 0 Å². The van der Waals surface area contributed by atoms with Crippen LogP contribution in [0.15, 0.2) is 0 Å². The van der Waals surface area contributed by atoms with Crippen LogP contribution in [0, 0.1) is 22.7 Å². The zero-order valence-corrected chi connectivity index (χ0v) is 12.6. The molecule has 19 heavy (non-hydrogen) atoms. The van der Waals surface area contributed by atoms with Gasteiger partial charge in [0.05, 0.1) is 5.60 Å². The SMILES string of the molecule is CC1(C)CCC[C@]2(C)[C@H]3[C@H](O)C(O)O[C@@]3(C)CC[C@@H]12. The monoisotopic (exact) mass is 268 g/mol. The molecule has 1 unspecified atom stereocenters. The molecule has 0 aromatic rings. The zero-order valence-electron chi connectivity index (χ0n) is 12.6. The minimum absolute atomic E-state index is 0.0633. The molecule has 3 aliphatic rings. The van der Waals surface area contributed by atoms with Crippen molar-refractivity contribution >= 4 is 0 Å². The summed E-state index contributed by atoms with van der Waals surface area (Å²) in [7, 11) is 0. The van der Waals surface area contributed by atoms with Gasteiger partial charge in [0.25, 0.3) is 0 Å². The Bertz CT molecular complexity index is 380. The van der Waals surface area contributed by atoms with E-state index in [1.54, 1.807) is 0 Å². The molecule has 2 aliphatic carbocycles. The van der Waals surface area contributed by atoms with E-state index in [0.29, 0.717) is 11.3 Å². The van der Waals surface area contributed by atoms with E-state index < -0.39 is 12.4 Å². The highest BCUT2D eigenvalue weighted by molar-refractivity contribution is 5.12. The van der Waals surface area contributed by atoms with Gasteiger partial charge in [-0.25, -0.2) is 0 Å². The van der Waals surface area contributed by atoms with Crippen molar-refractivity contribution < 1.29 is 14.9 Å². The van der Waals surface area contributed by atoms with Crippen molar-refractivity contribution in [2.45, 2.75) is 77.8 Å². The number of fused-ring (bicyclic) bond motifs is 3. The molecule has 1 saturated heterocycles. The van der Waals surface area contributed by atoms with Crippen molar-refractivity contribution in [1.82, 2.24) is 0 Å². The van der Waals surface area contributed by atoms with E-state index in [4.69, 9.17) is 4.74 Å². The van der Waals surface area contributed by atoms with Gasteiger partial charge in [0.1, 0.15) is 6.10 Å². The summed E-state index contributed by atoms with van der Waals surface area (Å²) < 4.78 is 5.75. The van der Waals surface area contributed by atoms with Crippen LogP contribution in [0.3, 0.4) is 0 Å². The number of ether oxygens (including phenoxy) is 1. The van der Waals surface area contributed by atoms with Gasteiger partial charge in [-0.15, -0.1) is 0 Å². The topological polar surface area (TPSA) is 49.7 Å². The summed E-state index contributed by atoms with van der Waals surface area (Å²) in [4.78, 5) is 0. The first kappa shape index (κ1) is 13.8. The maximum absolute atomic E-state index is 10.5. The highest BCUT2D eigenvalue weighted by atomic mass is 16.6. The second kappa shape index (κ2) is 3.96. The van der Waals surface area contributed by atoms with Gasteiger partial charge in [0.2, 0.25) is 0 Å². The molecule has 3 heteroatoms. The molecule has 0 spiro atoms. The summed E-state index contributed by atoms with van der Waals surface area (Å²) in [5.41, 5.74) is 0.0741. The highest BCUT2D eigenvalue weighted by Gasteiger charge is 2.65. The highest BCUT2D eigenvalue weighted by Crippen LogP contribution is 2.65. The lowest BCUT2D eigenvalue weighted by Gasteiger charge is -2.60. The van der Waals surface area contributed by atoms with Crippen LogP contribution in [-0.2, 0) is 4.74 Å². The first-order chi connectivity index (χ1) is 8.71. The lowest BCUT2D eigenvalue weighted by atomic mass is 9.45. The van der Waals surface area contributed by atoms with E-state index in [0.717, 1.165) is 19.3 Å². The van der Waals surface area contributed by atoms with Crippen molar-refractivity contribution in [3.05, 3.63) is 0 Å². The van der Waals surface area contributed by atoms with Crippen molar-refractivity contribution in [3.8, 4) is 0 Å². The van der Waals surface area contributed by atoms with Crippen LogP contribution in [0.4, 0.5) is 0 Å². The zero-order chi connectivity index (χ0) is 14.1. The van der Waals surface area contributed by atoms with Gasteiger partial charge < -0.3 is 14.9 Å². The molecule has 3 rings (SSSR count). The van der Waals surface area contributed by atoms with Crippen molar-refractivity contribution in [1.29, 1.82) is 0 Å². The van der Waals surface area contributed by atoms with Gasteiger partial charge in [-0.05, 0) is 49.4 Å². The van der Waals surface area contributed by atoms with E-state index in [-0.39, 0.29) is 16.9 Å². The van der Waals surface area contributed by atoms with Crippen LogP contribution < -0.4 is 0 Å². The third kappa shape index (κ3) is 1.74. The van der Waals surface area contributed by atoms with Gasteiger partial charge in [0, 0.05) is 5.92 Å². The van der Waals surface area contributed by atoms with Crippen LogP contribution in [0.25, 0.3) is 0 Å². The Kier molecular flexibility index (Phi) is 2.88. The molecule has 0 amide bonds. The number of aliphatic hydroxyl groups is 2. The molecule has 6 atom stereocenters. The second-order valence-electron chi connectivity index (χ2n) is 8.23. The quantitative estimate of drug-likeness (QED) is 0.710. The average molecular weight is 268 g/mol. The van der Waals surface area contributed by atoms with Crippen LogP contribution in [-0.4, -0.2) is 28.2 Å². The molecule has 0 radical (unpaired) electrons. The maximum atomic E-state index is 10.5. The van der Waals surface area contributed by atoms with Gasteiger partial charge in [-0.3, -0.25) is 0 Å². The van der Waals surface area contributed by atoms with Gasteiger partial charge in [-0.1, -0.05) is 27.2 Å².